The first-order chi connectivity index (χ1) is 7.25. The third-order valence-corrected chi connectivity index (χ3v) is 2.38. The van der Waals surface area contributed by atoms with E-state index in [2.05, 4.69) is 4.99 Å². The number of nitrogens with zero attached hydrogens (tertiary/aromatic N) is 2. The van der Waals surface area contributed by atoms with E-state index in [0.29, 0.717) is 5.02 Å². The molecule has 0 aliphatic heterocycles. The standard InChI is InChI=1S/C12H11ClN2/c1-15-7-6-10(9-15)8-14-12-5-3-2-4-11(12)13/h2-9H,1H3. The number of halogens is 1. The lowest BCUT2D eigenvalue weighted by atomic mass is 10.3. The fourth-order valence-corrected chi connectivity index (χ4v) is 1.49. The molecule has 1 aromatic carbocycles. The van der Waals surface area contributed by atoms with E-state index >= 15 is 0 Å². The maximum absolute atomic E-state index is 5.98. The summed E-state index contributed by atoms with van der Waals surface area (Å²) in [5.74, 6) is 0. The Kier molecular flexibility index (Phi) is 2.88. The number of aromatic nitrogens is 1. The number of benzene rings is 1. The highest BCUT2D eigenvalue weighted by Gasteiger charge is 1.95. The van der Waals surface area contributed by atoms with E-state index in [-0.39, 0.29) is 0 Å². The predicted molar refractivity (Wildman–Crippen MR) is 64.1 cm³/mol. The van der Waals surface area contributed by atoms with Gasteiger partial charge in [-0.1, -0.05) is 23.7 Å². The van der Waals surface area contributed by atoms with Crippen molar-refractivity contribution in [1.29, 1.82) is 0 Å². The Labute approximate surface area is 93.8 Å². The van der Waals surface area contributed by atoms with Crippen LogP contribution in [-0.2, 0) is 7.05 Å². The molecule has 0 atom stereocenters. The van der Waals surface area contributed by atoms with Crippen LogP contribution in [0, 0.1) is 0 Å². The Balaban J connectivity index is 2.22. The zero-order valence-electron chi connectivity index (χ0n) is 8.39. The lowest BCUT2D eigenvalue weighted by Gasteiger charge is -1.94. The molecule has 1 heterocycles. The Morgan fingerprint density at radius 1 is 1.27 bits per heavy atom. The van der Waals surface area contributed by atoms with Crippen molar-refractivity contribution in [2.75, 3.05) is 0 Å². The van der Waals surface area contributed by atoms with Gasteiger partial charge in [0.2, 0.25) is 0 Å². The van der Waals surface area contributed by atoms with Crippen LogP contribution < -0.4 is 0 Å². The topological polar surface area (TPSA) is 17.3 Å². The Hall–Kier alpha value is -1.54. The summed E-state index contributed by atoms with van der Waals surface area (Å²) in [5, 5.41) is 0.671. The van der Waals surface area contributed by atoms with Crippen molar-refractivity contribution in [2.24, 2.45) is 12.0 Å². The predicted octanol–water partition coefficient (Wildman–Crippen LogP) is 3.43. The van der Waals surface area contributed by atoms with Crippen LogP contribution in [0.3, 0.4) is 0 Å². The summed E-state index contributed by atoms with van der Waals surface area (Å²) >= 11 is 5.98. The highest BCUT2D eigenvalue weighted by Crippen LogP contribution is 2.23. The minimum Gasteiger partial charge on any atom is -0.357 e. The summed E-state index contributed by atoms with van der Waals surface area (Å²) in [6.45, 7) is 0. The first-order valence-corrected chi connectivity index (χ1v) is 5.04. The smallest absolute Gasteiger partial charge is 0.0816 e. The molecular weight excluding hydrogens is 208 g/mol. The molecule has 0 unspecified atom stereocenters. The molecule has 0 aliphatic carbocycles. The zero-order valence-corrected chi connectivity index (χ0v) is 9.15. The van der Waals surface area contributed by atoms with Crippen LogP contribution in [0.15, 0.2) is 47.7 Å². The van der Waals surface area contributed by atoms with Crippen molar-refractivity contribution in [2.45, 2.75) is 0 Å². The summed E-state index contributed by atoms with van der Waals surface area (Å²) in [4.78, 5) is 4.32. The third-order valence-electron chi connectivity index (χ3n) is 2.06. The van der Waals surface area contributed by atoms with Gasteiger partial charge in [0.1, 0.15) is 0 Å². The average molecular weight is 219 g/mol. The molecule has 2 aromatic rings. The summed E-state index contributed by atoms with van der Waals surface area (Å²) in [6, 6.07) is 9.54. The number of aliphatic imine (C=N–C) groups is 1. The van der Waals surface area contributed by atoms with Gasteiger partial charge in [-0.15, -0.1) is 0 Å². The van der Waals surface area contributed by atoms with E-state index in [1.54, 1.807) is 6.21 Å². The van der Waals surface area contributed by atoms with Crippen LogP contribution in [0.2, 0.25) is 5.02 Å². The Bertz CT molecular complexity index is 486. The minimum absolute atomic E-state index is 0.671. The van der Waals surface area contributed by atoms with Gasteiger partial charge < -0.3 is 4.57 Å². The highest BCUT2D eigenvalue weighted by molar-refractivity contribution is 6.33. The summed E-state index contributed by atoms with van der Waals surface area (Å²) < 4.78 is 1.98. The molecule has 2 rings (SSSR count). The van der Waals surface area contributed by atoms with E-state index in [9.17, 15) is 0 Å². The number of aryl methyl sites for hydroxylation is 1. The average Bonchev–Trinajstić information content (AvgIpc) is 2.63. The molecule has 0 saturated heterocycles. The van der Waals surface area contributed by atoms with Crippen molar-refractivity contribution < 1.29 is 0 Å². The molecule has 1 aromatic heterocycles. The van der Waals surface area contributed by atoms with E-state index in [1.165, 1.54) is 0 Å². The molecule has 2 nitrogen and oxygen atoms in total. The summed E-state index contributed by atoms with van der Waals surface area (Å²) in [5.41, 5.74) is 1.86. The molecule has 0 aliphatic rings. The van der Waals surface area contributed by atoms with Crippen LogP contribution in [-0.4, -0.2) is 10.8 Å². The zero-order chi connectivity index (χ0) is 10.7. The maximum atomic E-state index is 5.98. The lowest BCUT2D eigenvalue weighted by molar-refractivity contribution is 0.927. The van der Waals surface area contributed by atoms with Gasteiger partial charge in [0.05, 0.1) is 10.7 Å². The molecule has 0 bridgehead atoms. The van der Waals surface area contributed by atoms with Gasteiger partial charge in [-0.2, -0.15) is 0 Å². The van der Waals surface area contributed by atoms with Gasteiger partial charge in [0.25, 0.3) is 0 Å². The first kappa shape index (κ1) is 9.99. The van der Waals surface area contributed by atoms with Crippen molar-refractivity contribution in [1.82, 2.24) is 4.57 Å². The fourth-order valence-electron chi connectivity index (χ4n) is 1.30. The number of rotatable bonds is 2. The second-order valence-corrected chi connectivity index (χ2v) is 3.73. The van der Waals surface area contributed by atoms with Gasteiger partial charge >= 0.3 is 0 Å². The summed E-state index contributed by atoms with van der Waals surface area (Å²) in [7, 11) is 1.98. The normalized spacial score (nSPS) is 11.1. The number of hydrogen-bond acceptors (Lipinski definition) is 1. The van der Waals surface area contributed by atoms with E-state index < -0.39 is 0 Å². The molecule has 76 valence electrons. The van der Waals surface area contributed by atoms with Crippen LogP contribution >= 0.6 is 11.6 Å². The largest absolute Gasteiger partial charge is 0.357 e. The van der Waals surface area contributed by atoms with E-state index in [1.807, 2.05) is 54.3 Å². The fraction of sp³-hybridized carbons (Fsp3) is 0.0833. The molecule has 0 amide bonds. The van der Waals surface area contributed by atoms with Crippen molar-refractivity contribution >= 4 is 23.5 Å². The highest BCUT2D eigenvalue weighted by atomic mass is 35.5. The van der Waals surface area contributed by atoms with Crippen molar-refractivity contribution in [3.63, 3.8) is 0 Å². The second-order valence-electron chi connectivity index (χ2n) is 3.32. The Morgan fingerprint density at radius 2 is 2.07 bits per heavy atom. The second kappa shape index (κ2) is 4.32. The van der Waals surface area contributed by atoms with Crippen molar-refractivity contribution in [3.05, 3.63) is 53.3 Å². The lowest BCUT2D eigenvalue weighted by Crippen LogP contribution is -1.80. The maximum Gasteiger partial charge on any atom is 0.0816 e. The molecule has 0 radical (unpaired) electrons. The van der Waals surface area contributed by atoms with Gasteiger partial charge in [-0.25, -0.2) is 0 Å². The molecule has 0 N–H and O–H groups in total. The summed E-state index contributed by atoms with van der Waals surface area (Å²) in [6.07, 6.45) is 5.79. The van der Waals surface area contributed by atoms with Gasteiger partial charge in [-0.3, -0.25) is 4.99 Å². The first-order valence-electron chi connectivity index (χ1n) is 4.66. The van der Waals surface area contributed by atoms with E-state index in [0.717, 1.165) is 11.3 Å². The van der Waals surface area contributed by atoms with E-state index in [4.69, 9.17) is 11.6 Å². The minimum atomic E-state index is 0.671. The van der Waals surface area contributed by atoms with Crippen molar-refractivity contribution in [3.8, 4) is 0 Å². The third kappa shape index (κ3) is 2.48. The van der Waals surface area contributed by atoms with Crippen LogP contribution in [0.4, 0.5) is 5.69 Å². The quantitative estimate of drug-likeness (QED) is 0.688. The number of hydrogen-bond donors (Lipinski definition) is 0. The van der Waals surface area contributed by atoms with Gasteiger partial charge in [-0.05, 0) is 18.2 Å². The molecule has 3 heteroatoms. The molecule has 0 fully saturated rings. The molecule has 0 spiro atoms. The van der Waals surface area contributed by atoms with Gasteiger partial charge in [0.15, 0.2) is 0 Å². The van der Waals surface area contributed by atoms with Crippen LogP contribution in [0.25, 0.3) is 0 Å². The Morgan fingerprint density at radius 3 is 2.73 bits per heavy atom. The molecule has 0 saturated carbocycles. The SMILES string of the molecule is Cn1ccc(C=Nc2ccccc2Cl)c1. The molecule has 15 heavy (non-hydrogen) atoms. The van der Waals surface area contributed by atoms with Crippen LogP contribution in [0.1, 0.15) is 5.56 Å². The van der Waals surface area contributed by atoms with Crippen LogP contribution in [0.5, 0.6) is 0 Å². The number of para-hydroxylation sites is 1. The molecular formula is C12H11ClN2. The van der Waals surface area contributed by atoms with Gasteiger partial charge in [0, 0.05) is 31.2 Å². The monoisotopic (exact) mass is 218 g/mol.